The Morgan fingerprint density at radius 3 is 2.63 bits per heavy atom. The Labute approximate surface area is 118 Å². The minimum absolute atomic E-state index is 0.316. The molecule has 0 spiro atoms. The molecule has 0 atom stereocenters. The van der Waals surface area contributed by atoms with E-state index in [1.54, 1.807) is 6.20 Å². The van der Waals surface area contributed by atoms with Gasteiger partial charge in [0.1, 0.15) is 10.7 Å². The largest absolute Gasteiger partial charge is 0.454 e. The number of aryl methyl sites for hydroxylation is 1. The Bertz CT molecular complexity index is 604. The van der Waals surface area contributed by atoms with E-state index >= 15 is 0 Å². The molecule has 4 nitrogen and oxygen atoms in total. The van der Waals surface area contributed by atoms with Crippen LogP contribution in [0.3, 0.4) is 0 Å². The normalized spacial score (nSPS) is 10.7. The molecule has 0 aliphatic rings. The van der Waals surface area contributed by atoms with Crippen LogP contribution in [0.4, 0.5) is 0 Å². The van der Waals surface area contributed by atoms with Gasteiger partial charge in [0.25, 0.3) is 0 Å². The average Bonchev–Trinajstić information content (AvgIpc) is 2.77. The summed E-state index contributed by atoms with van der Waals surface area (Å²) in [4.78, 5) is 0.400. The first-order chi connectivity index (χ1) is 8.97. The SMILES string of the molecule is Cc1cc(Oc2cnn(C(C)C)c2)ccc1C(N)=S. The number of hydrogen-bond donors (Lipinski definition) is 1. The molecule has 0 aliphatic carbocycles. The van der Waals surface area contributed by atoms with E-state index in [-0.39, 0.29) is 0 Å². The highest BCUT2D eigenvalue weighted by Crippen LogP contribution is 2.24. The summed E-state index contributed by atoms with van der Waals surface area (Å²) in [6, 6.07) is 5.96. The first kappa shape index (κ1) is 13.5. The maximum absolute atomic E-state index is 5.76. The van der Waals surface area contributed by atoms with Crippen molar-refractivity contribution in [3.63, 3.8) is 0 Å². The minimum Gasteiger partial charge on any atom is -0.454 e. The van der Waals surface area contributed by atoms with Crippen molar-refractivity contribution in [3.05, 3.63) is 41.7 Å². The third-order valence-corrected chi connectivity index (χ3v) is 3.03. The Morgan fingerprint density at radius 2 is 2.11 bits per heavy atom. The second-order valence-electron chi connectivity index (χ2n) is 4.69. The lowest BCUT2D eigenvalue weighted by Crippen LogP contribution is -2.10. The predicted octanol–water partition coefficient (Wildman–Crippen LogP) is 3.20. The van der Waals surface area contributed by atoms with Crippen molar-refractivity contribution < 1.29 is 4.74 Å². The summed E-state index contributed by atoms with van der Waals surface area (Å²) in [5.41, 5.74) is 7.51. The van der Waals surface area contributed by atoms with E-state index in [4.69, 9.17) is 22.7 Å². The van der Waals surface area contributed by atoms with Crippen LogP contribution in [0.5, 0.6) is 11.5 Å². The van der Waals surface area contributed by atoms with Crippen molar-refractivity contribution in [1.82, 2.24) is 9.78 Å². The molecule has 0 saturated carbocycles. The summed E-state index contributed by atoms with van der Waals surface area (Å²) in [7, 11) is 0. The zero-order chi connectivity index (χ0) is 14.0. The van der Waals surface area contributed by atoms with Gasteiger partial charge in [-0.3, -0.25) is 4.68 Å². The number of rotatable bonds is 4. The van der Waals surface area contributed by atoms with Crippen molar-refractivity contribution >= 4 is 17.2 Å². The Balaban J connectivity index is 2.19. The van der Waals surface area contributed by atoms with Crippen LogP contribution in [0.15, 0.2) is 30.6 Å². The molecular weight excluding hydrogens is 258 g/mol. The standard InChI is InChI=1S/C14H17N3OS/c1-9(2)17-8-12(7-16-17)18-11-4-5-13(14(15)19)10(3)6-11/h4-9H,1-3H3,(H2,15,19). The fourth-order valence-electron chi connectivity index (χ4n) is 1.77. The van der Waals surface area contributed by atoms with Crippen LogP contribution in [-0.2, 0) is 0 Å². The van der Waals surface area contributed by atoms with E-state index in [1.165, 1.54) is 0 Å². The van der Waals surface area contributed by atoms with Gasteiger partial charge in [-0.05, 0) is 44.5 Å². The molecule has 0 fully saturated rings. The summed E-state index contributed by atoms with van der Waals surface area (Å²) >= 11 is 4.98. The third-order valence-electron chi connectivity index (χ3n) is 2.81. The molecule has 0 bridgehead atoms. The van der Waals surface area contributed by atoms with E-state index in [0.717, 1.165) is 22.6 Å². The quantitative estimate of drug-likeness (QED) is 0.871. The Morgan fingerprint density at radius 1 is 1.37 bits per heavy atom. The van der Waals surface area contributed by atoms with Crippen LogP contribution in [0, 0.1) is 6.92 Å². The summed E-state index contributed by atoms with van der Waals surface area (Å²) in [6.07, 6.45) is 3.58. The smallest absolute Gasteiger partial charge is 0.165 e. The minimum atomic E-state index is 0.316. The molecule has 0 radical (unpaired) electrons. The molecule has 0 amide bonds. The lowest BCUT2D eigenvalue weighted by Gasteiger charge is -2.08. The molecule has 0 saturated heterocycles. The zero-order valence-electron chi connectivity index (χ0n) is 11.3. The van der Waals surface area contributed by atoms with E-state index in [9.17, 15) is 0 Å². The van der Waals surface area contributed by atoms with Crippen LogP contribution >= 0.6 is 12.2 Å². The number of hydrogen-bond acceptors (Lipinski definition) is 3. The molecule has 5 heteroatoms. The van der Waals surface area contributed by atoms with Gasteiger partial charge in [-0.15, -0.1) is 0 Å². The zero-order valence-corrected chi connectivity index (χ0v) is 12.1. The van der Waals surface area contributed by atoms with E-state index in [0.29, 0.717) is 11.0 Å². The van der Waals surface area contributed by atoms with Gasteiger partial charge in [0.2, 0.25) is 0 Å². The van der Waals surface area contributed by atoms with Crippen molar-refractivity contribution in [2.24, 2.45) is 5.73 Å². The van der Waals surface area contributed by atoms with Crippen molar-refractivity contribution in [3.8, 4) is 11.5 Å². The molecule has 1 heterocycles. The van der Waals surface area contributed by atoms with E-state index in [1.807, 2.05) is 36.0 Å². The van der Waals surface area contributed by atoms with E-state index < -0.39 is 0 Å². The van der Waals surface area contributed by atoms with Gasteiger partial charge in [0.15, 0.2) is 5.75 Å². The highest BCUT2D eigenvalue weighted by atomic mass is 32.1. The summed E-state index contributed by atoms with van der Waals surface area (Å²) < 4.78 is 7.61. The van der Waals surface area contributed by atoms with Gasteiger partial charge in [-0.1, -0.05) is 12.2 Å². The molecule has 0 aliphatic heterocycles. The van der Waals surface area contributed by atoms with Crippen LogP contribution < -0.4 is 10.5 Å². The molecule has 2 N–H and O–H groups in total. The average molecular weight is 275 g/mol. The lowest BCUT2D eigenvalue weighted by atomic mass is 10.1. The molecule has 0 unspecified atom stereocenters. The second-order valence-corrected chi connectivity index (χ2v) is 5.13. The van der Waals surface area contributed by atoms with Crippen molar-refractivity contribution in [2.45, 2.75) is 26.8 Å². The monoisotopic (exact) mass is 275 g/mol. The van der Waals surface area contributed by atoms with Gasteiger partial charge in [-0.2, -0.15) is 5.10 Å². The number of benzene rings is 1. The molecule has 1 aromatic heterocycles. The number of thiocarbonyl (C=S) groups is 1. The number of aromatic nitrogens is 2. The first-order valence-electron chi connectivity index (χ1n) is 6.10. The number of nitrogens with two attached hydrogens (primary N) is 1. The van der Waals surface area contributed by atoms with Crippen molar-refractivity contribution in [2.75, 3.05) is 0 Å². The first-order valence-corrected chi connectivity index (χ1v) is 6.50. The fourth-order valence-corrected chi connectivity index (χ4v) is 2.00. The molecule has 19 heavy (non-hydrogen) atoms. The lowest BCUT2D eigenvalue weighted by molar-refractivity contribution is 0.476. The molecule has 1 aromatic carbocycles. The Hall–Kier alpha value is -1.88. The van der Waals surface area contributed by atoms with Gasteiger partial charge in [-0.25, -0.2) is 0 Å². The van der Waals surface area contributed by atoms with Gasteiger partial charge < -0.3 is 10.5 Å². The van der Waals surface area contributed by atoms with Crippen LogP contribution in [-0.4, -0.2) is 14.8 Å². The highest BCUT2D eigenvalue weighted by Gasteiger charge is 2.06. The van der Waals surface area contributed by atoms with Crippen LogP contribution in [0.25, 0.3) is 0 Å². The number of nitrogens with zero attached hydrogens (tertiary/aromatic N) is 2. The maximum atomic E-state index is 5.76. The number of ether oxygens (including phenoxy) is 1. The van der Waals surface area contributed by atoms with Gasteiger partial charge in [0.05, 0.1) is 12.4 Å². The molecule has 2 rings (SSSR count). The van der Waals surface area contributed by atoms with Gasteiger partial charge in [0, 0.05) is 11.6 Å². The predicted molar refractivity (Wildman–Crippen MR) is 79.8 cm³/mol. The molecule has 100 valence electrons. The summed E-state index contributed by atoms with van der Waals surface area (Å²) in [6.45, 7) is 6.09. The summed E-state index contributed by atoms with van der Waals surface area (Å²) in [5.74, 6) is 1.47. The third kappa shape index (κ3) is 3.12. The fraction of sp³-hybridized carbons (Fsp3) is 0.286. The Kier molecular flexibility index (Phi) is 3.85. The second kappa shape index (κ2) is 5.40. The molecule has 2 aromatic rings. The maximum Gasteiger partial charge on any atom is 0.165 e. The van der Waals surface area contributed by atoms with Crippen LogP contribution in [0.1, 0.15) is 31.0 Å². The van der Waals surface area contributed by atoms with Gasteiger partial charge >= 0.3 is 0 Å². The summed E-state index contributed by atoms with van der Waals surface area (Å²) in [5, 5.41) is 4.23. The highest BCUT2D eigenvalue weighted by molar-refractivity contribution is 7.80. The molecular formula is C14H17N3OS. The van der Waals surface area contributed by atoms with Crippen LogP contribution in [0.2, 0.25) is 0 Å². The van der Waals surface area contributed by atoms with Crippen molar-refractivity contribution in [1.29, 1.82) is 0 Å². The topological polar surface area (TPSA) is 53.1 Å². The van der Waals surface area contributed by atoms with E-state index in [2.05, 4.69) is 18.9 Å².